The van der Waals surface area contributed by atoms with Crippen LogP contribution in [0.1, 0.15) is 42.9 Å². The Morgan fingerprint density at radius 1 is 1.04 bits per heavy atom. The molecule has 1 N–H and O–H groups in total. The van der Waals surface area contributed by atoms with Gasteiger partial charge in [-0.15, -0.1) is 0 Å². The molecule has 0 aliphatic rings. The molecule has 4 nitrogen and oxygen atoms in total. The quantitative estimate of drug-likeness (QED) is 0.401. The Bertz CT molecular complexity index is 721. The summed E-state index contributed by atoms with van der Waals surface area (Å²) in [5.41, 5.74) is 3.52. The fourth-order valence-electron chi connectivity index (χ4n) is 2.85. The average Bonchev–Trinajstić information content (AvgIpc) is 2.69. The van der Waals surface area contributed by atoms with Crippen LogP contribution in [0.3, 0.4) is 0 Å². The molecule has 0 amide bonds. The zero-order valence-corrected chi connectivity index (χ0v) is 18.8. The van der Waals surface area contributed by atoms with Crippen molar-refractivity contribution in [3.05, 3.63) is 57.6 Å². The van der Waals surface area contributed by atoms with E-state index >= 15 is 0 Å². The van der Waals surface area contributed by atoms with Crippen molar-refractivity contribution in [2.45, 2.75) is 46.3 Å². The molecule has 2 rings (SSSR count). The van der Waals surface area contributed by atoms with Crippen LogP contribution >= 0.6 is 15.9 Å². The van der Waals surface area contributed by atoms with Gasteiger partial charge in [0.1, 0.15) is 6.61 Å². The second kappa shape index (κ2) is 12.8. The van der Waals surface area contributed by atoms with Crippen LogP contribution in [0.4, 0.5) is 0 Å². The van der Waals surface area contributed by atoms with Gasteiger partial charge in [0.25, 0.3) is 0 Å². The van der Waals surface area contributed by atoms with E-state index in [2.05, 4.69) is 59.4 Å². The predicted molar refractivity (Wildman–Crippen MR) is 118 cm³/mol. The number of hydrogen-bond acceptors (Lipinski definition) is 4. The molecule has 154 valence electrons. The molecule has 0 heterocycles. The smallest absolute Gasteiger partial charge is 0.175 e. The molecule has 0 aromatic heterocycles. The Kier molecular flexibility index (Phi) is 10.4. The van der Waals surface area contributed by atoms with E-state index < -0.39 is 0 Å². The topological polar surface area (TPSA) is 39.7 Å². The Morgan fingerprint density at radius 2 is 1.86 bits per heavy atom. The van der Waals surface area contributed by atoms with Gasteiger partial charge in [-0.05, 0) is 65.5 Å². The largest absolute Gasteiger partial charge is 0.493 e. The highest BCUT2D eigenvalue weighted by atomic mass is 79.9. The van der Waals surface area contributed by atoms with Crippen LogP contribution in [0.2, 0.25) is 0 Å². The highest BCUT2D eigenvalue weighted by Gasteiger charge is 2.12. The van der Waals surface area contributed by atoms with Crippen LogP contribution in [0.25, 0.3) is 0 Å². The van der Waals surface area contributed by atoms with Gasteiger partial charge in [0.15, 0.2) is 11.5 Å². The maximum Gasteiger partial charge on any atom is 0.175 e. The summed E-state index contributed by atoms with van der Waals surface area (Å²) in [7, 11) is 1.67. The van der Waals surface area contributed by atoms with Crippen LogP contribution in [0.15, 0.2) is 40.9 Å². The molecule has 0 aliphatic heterocycles. The SMILES string of the molecule is CCCCOCCCNCc1cc(Br)c(OCc2cccc(C)c2)c(OC)c1. The van der Waals surface area contributed by atoms with Crippen LogP contribution < -0.4 is 14.8 Å². The van der Waals surface area contributed by atoms with E-state index in [1.165, 1.54) is 12.0 Å². The number of halogens is 1. The Hall–Kier alpha value is -1.56. The van der Waals surface area contributed by atoms with Crippen molar-refractivity contribution in [2.24, 2.45) is 0 Å². The molecule has 0 saturated heterocycles. The van der Waals surface area contributed by atoms with E-state index in [1.54, 1.807) is 7.11 Å². The lowest BCUT2D eigenvalue weighted by atomic mass is 10.1. The number of ether oxygens (including phenoxy) is 3. The standard InChI is InChI=1S/C23H32BrNO3/c1-4-5-11-27-12-7-10-25-16-20-14-21(24)23(22(15-20)26-3)28-17-19-9-6-8-18(2)13-19/h6,8-9,13-15,25H,4-5,7,10-12,16-17H2,1-3H3. The maximum atomic E-state index is 6.04. The van der Waals surface area contributed by atoms with Gasteiger partial charge in [-0.25, -0.2) is 0 Å². The molecule has 0 saturated carbocycles. The first-order chi connectivity index (χ1) is 13.6. The van der Waals surface area contributed by atoms with Crippen molar-refractivity contribution in [3.63, 3.8) is 0 Å². The van der Waals surface area contributed by atoms with E-state index in [9.17, 15) is 0 Å². The molecule has 5 heteroatoms. The van der Waals surface area contributed by atoms with Crippen molar-refractivity contribution in [3.8, 4) is 11.5 Å². The zero-order valence-electron chi connectivity index (χ0n) is 17.2. The van der Waals surface area contributed by atoms with Gasteiger partial charge in [0.2, 0.25) is 0 Å². The highest BCUT2D eigenvalue weighted by Crippen LogP contribution is 2.37. The van der Waals surface area contributed by atoms with Gasteiger partial charge in [-0.1, -0.05) is 43.2 Å². The number of benzene rings is 2. The zero-order chi connectivity index (χ0) is 20.2. The Labute approximate surface area is 177 Å². The second-order valence-electron chi connectivity index (χ2n) is 6.88. The first-order valence-corrected chi connectivity index (χ1v) is 10.8. The molecule has 0 radical (unpaired) electrons. The van der Waals surface area contributed by atoms with Crippen LogP contribution in [0.5, 0.6) is 11.5 Å². The third-order valence-corrected chi connectivity index (χ3v) is 4.96. The summed E-state index contributed by atoms with van der Waals surface area (Å²) >= 11 is 3.63. The van der Waals surface area contributed by atoms with Gasteiger partial charge in [0, 0.05) is 19.8 Å². The van der Waals surface area contributed by atoms with Crippen molar-refractivity contribution < 1.29 is 14.2 Å². The third kappa shape index (κ3) is 7.82. The average molecular weight is 450 g/mol. The summed E-state index contributed by atoms with van der Waals surface area (Å²) in [5, 5.41) is 3.46. The number of hydrogen-bond donors (Lipinski definition) is 1. The van der Waals surface area contributed by atoms with Crippen LogP contribution in [0, 0.1) is 6.92 Å². The molecule has 0 fully saturated rings. The van der Waals surface area contributed by atoms with Crippen LogP contribution in [-0.2, 0) is 17.9 Å². The number of unbranched alkanes of at least 4 members (excludes halogenated alkanes) is 1. The Morgan fingerprint density at radius 3 is 2.61 bits per heavy atom. The second-order valence-corrected chi connectivity index (χ2v) is 7.74. The normalized spacial score (nSPS) is 10.9. The molecule has 0 bridgehead atoms. The van der Waals surface area contributed by atoms with E-state index in [1.807, 2.05) is 12.1 Å². The molecule has 2 aromatic carbocycles. The summed E-state index contributed by atoms with van der Waals surface area (Å²) in [6, 6.07) is 12.4. The minimum Gasteiger partial charge on any atom is -0.493 e. The van der Waals surface area contributed by atoms with Gasteiger partial charge < -0.3 is 19.5 Å². The predicted octanol–water partition coefficient (Wildman–Crippen LogP) is 5.64. The van der Waals surface area contributed by atoms with E-state index in [4.69, 9.17) is 14.2 Å². The maximum absolute atomic E-state index is 6.04. The first kappa shape index (κ1) is 22.7. The van der Waals surface area contributed by atoms with Crippen molar-refractivity contribution in [2.75, 3.05) is 26.9 Å². The van der Waals surface area contributed by atoms with Gasteiger partial charge >= 0.3 is 0 Å². The summed E-state index contributed by atoms with van der Waals surface area (Å²) in [6.45, 7) is 8.15. The Balaban J connectivity index is 1.84. The molecule has 2 aromatic rings. The summed E-state index contributed by atoms with van der Waals surface area (Å²) in [4.78, 5) is 0. The number of aryl methyl sites for hydroxylation is 1. The van der Waals surface area contributed by atoms with Crippen molar-refractivity contribution in [1.82, 2.24) is 5.32 Å². The lowest BCUT2D eigenvalue weighted by molar-refractivity contribution is 0.129. The third-order valence-electron chi connectivity index (χ3n) is 4.37. The summed E-state index contributed by atoms with van der Waals surface area (Å²) in [6.07, 6.45) is 3.33. The number of rotatable bonds is 13. The minimum absolute atomic E-state index is 0.506. The van der Waals surface area contributed by atoms with Crippen LogP contribution in [-0.4, -0.2) is 26.9 Å². The van der Waals surface area contributed by atoms with E-state index in [0.717, 1.165) is 66.2 Å². The minimum atomic E-state index is 0.506. The number of nitrogens with one attached hydrogen (secondary N) is 1. The van der Waals surface area contributed by atoms with Gasteiger partial charge in [-0.3, -0.25) is 0 Å². The molecule has 0 aliphatic carbocycles. The molecule has 28 heavy (non-hydrogen) atoms. The summed E-state index contributed by atoms with van der Waals surface area (Å²) in [5.74, 6) is 1.47. The fraction of sp³-hybridized carbons (Fsp3) is 0.478. The molecule has 0 spiro atoms. The lowest BCUT2D eigenvalue weighted by Gasteiger charge is -2.15. The molecular formula is C23H32BrNO3. The fourth-order valence-corrected chi connectivity index (χ4v) is 3.46. The van der Waals surface area contributed by atoms with Crippen molar-refractivity contribution in [1.29, 1.82) is 0 Å². The van der Waals surface area contributed by atoms with Crippen molar-refractivity contribution >= 4 is 15.9 Å². The number of methoxy groups -OCH3 is 1. The van der Waals surface area contributed by atoms with E-state index in [-0.39, 0.29) is 0 Å². The molecule has 0 unspecified atom stereocenters. The first-order valence-electron chi connectivity index (χ1n) is 9.97. The van der Waals surface area contributed by atoms with Gasteiger partial charge in [0.05, 0.1) is 11.6 Å². The molecule has 0 atom stereocenters. The monoisotopic (exact) mass is 449 g/mol. The highest BCUT2D eigenvalue weighted by molar-refractivity contribution is 9.10. The molecular weight excluding hydrogens is 418 g/mol. The van der Waals surface area contributed by atoms with Gasteiger partial charge in [-0.2, -0.15) is 0 Å². The lowest BCUT2D eigenvalue weighted by Crippen LogP contribution is -2.16. The summed E-state index contributed by atoms with van der Waals surface area (Å²) < 4.78 is 18.1. The van der Waals surface area contributed by atoms with E-state index in [0.29, 0.717) is 6.61 Å².